The van der Waals surface area contributed by atoms with Gasteiger partial charge in [0, 0.05) is 19.3 Å². The molecule has 0 aromatic carbocycles. The number of esters is 3. The molecule has 0 aliphatic carbocycles. The normalized spacial score (nSPS) is 12.9. The largest absolute Gasteiger partial charge is 0.462 e. The van der Waals surface area contributed by atoms with Crippen molar-refractivity contribution in [3.63, 3.8) is 0 Å². The molecule has 0 aromatic rings. The first-order chi connectivity index (χ1) is 39.5. The zero-order valence-electron chi connectivity index (χ0n) is 52.3. The summed E-state index contributed by atoms with van der Waals surface area (Å²) in [5.41, 5.74) is 0. The molecule has 0 rings (SSSR count). The van der Waals surface area contributed by atoms with E-state index in [0.29, 0.717) is 19.3 Å². The average Bonchev–Trinajstić information content (AvgIpc) is 3.46. The van der Waals surface area contributed by atoms with Crippen LogP contribution in [0.4, 0.5) is 0 Å². The van der Waals surface area contributed by atoms with E-state index in [1.165, 1.54) is 148 Å². The third-order valence-electron chi connectivity index (χ3n) is 14.2. The smallest absolute Gasteiger partial charge is 0.306 e. The first-order valence-electron chi connectivity index (χ1n) is 33.5. The molecule has 0 aromatic heterocycles. The number of rotatable bonds is 60. The van der Waals surface area contributed by atoms with Gasteiger partial charge in [-0.3, -0.25) is 14.4 Å². The summed E-state index contributed by atoms with van der Waals surface area (Å²) in [6.07, 6.45) is 93.5. The maximum absolute atomic E-state index is 12.9. The second-order valence-corrected chi connectivity index (χ2v) is 22.0. The van der Waals surface area contributed by atoms with Crippen LogP contribution in [0.1, 0.15) is 310 Å². The van der Waals surface area contributed by atoms with Gasteiger partial charge in [-0.05, 0) is 135 Å². The first kappa shape index (κ1) is 75.8. The van der Waals surface area contributed by atoms with Crippen LogP contribution in [-0.4, -0.2) is 37.2 Å². The van der Waals surface area contributed by atoms with E-state index in [4.69, 9.17) is 14.2 Å². The predicted octanol–water partition coefficient (Wildman–Crippen LogP) is 23.2. The standard InChI is InChI=1S/C74H124O6/c1-4-7-10-13-16-19-22-25-28-30-32-34-35-36-37-38-39-41-42-44-46-49-52-55-58-61-64-67-73(76)79-70-71(69-78-72(75)66-63-60-57-54-51-48-27-24-21-18-15-12-9-6-3)80-74(77)68-65-62-59-56-53-50-47-45-43-40-33-31-29-26-23-20-17-14-11-8-5-2/h8,11,17,20,22,24-27,29-30,32-33,35-36,40,45,47,53,56,71H,4-7,9-10,12-16,18-19,21,23,28,31,34,37-39,41-44,46,48-52,54-55,57-70H2,1-3H3/b11-8-,20-17-,25-22-,27-24-,29-26-,32-30-,36-35-,40-33-,47-45-,56-53-. The minimum absolute atomic E-state index is 0.101. The molecule has 0 saturated heterocycles. The van der Waals surface area contributed by atoms with Gasteiger partial charge in [0.1, 0.15) is 13.2 Å². The first-order valence-corrected chi connectivity index (χ1v) is 33.5. The van der Waals surface area contributed by atoms with Crippen molar-refractivity contribution in [1.29, 1.82) is 0 Å². The maximum atomic E-state index is 12.9. The maximum Gasteiger partial charge on any atom is 0.306 e. The number of hydrogen-bond donors (Lipinski definition) is 0. The Labute approximate surface area is 494 Å². The van der Waals surface area contributed by atoms with Crippen molar-refractivity contribution in [2.75, 3.05) is 13.2 Å². The fraction of sp³-hybridized carbons (Fsp3) is 0.689. The van der Waals surface area contributed by atoms with Gasteiger partial charge in [0.25, 0.3) is 0 Å². The Balaban J connectivity index is 4.40. The molecule has 0 aliphatic heterocycles. The van der Waals surface area contributed by atoms with Gasteiger partial charge in [-0.2, -0.15) is 0 Å². The Bertz CT molecular complexity index is 1650. The van der Waals surface area contributed by atoms with Crippen LogP contribution in [0, 0.1) is 0 Å². The number of allylic oxidation sites excluding steroid dienone is 20. The third-order valence-corrected chi connectivity index (χ3v) is 14.2. The Hall–Kier alpha value is -4.19. The van der Waals surface area contributed by atoms with E-state index in [9.17, 15) is 14.4 Å². The van der Waals surface area contributed by atoms with Gasteiger partial charge in [-0.15, -0.1) is 0 Å². The summed E-state index contributed by atoms with van der Waals surface area (Å²) < 4.78 is 16.9. The zero-order valence-corrected chi connectivity index (χ0v) is 52.3. The van der Waals surface area contributed by atoms with E-state index in [0.717, 1.165) is 116 Å². The molecule has 0 spiro atoms. The highest BCUT2D eigenvalue weighted by atomic mass is 16.6. The molecule has 6 heteroatoms. The summed E-state index contributed by atoms with van der Waals surface area (Å²) in [4.78, 5) is 38.4. The molecule has 0 fully saturated rings. The fourth-order valence-electron chi connectivity index (χ4n) is 9.15. The monoisotopic (exact) mass is 1110 g/mol. The van der Waals surface area contributed by atoms with E-state index in [2.05, 4.69) is 142 Å². The molecule has 0 radical (unpaired) electrons. The molecular weight excluding hydrogens is 985 g/mol. The zero-order chi connectivity index (χ0) is 57.8. The highest BCUT2D eigenvalue weighted by Gasteiger charge is 2.19. The molecule has 6 nitrogen and oxygen atoms in total. The summed E-state index contributed by atoms with van der Waals surface area (Å²) in [5, 5.41) is 0. The number of carbonyl (C=O) groups excluding carboxylic acids is 3. The van der Waals surface area contributed by atoms with Crippen LogP contribution in [0.25, 0.3) is 0 Å². The van der Waals surface area contributed by atoms with E-state index in [-0.39, 0.29) is 37.5 Å². The van der Waals surface area contributed by atoms with Crippen LogP contribution in [0.15, 0.2) is 122 Å². The Kier molecular flexibility index (Phi) is 63.8. The molecular formula is C74H124O6. The van der Waals surface area contributed by atoms with Gasteiger partial charge in [-0.25, -0.2) is 0 Å². The number of carbonyl (C=O) groups is 3. The van der Waals surface area contributed by atoms with Crippen LogP contribution < -0.4 is 0 Å². The molecule has 0 saturated carbocycles. The van der Waals surface area contributed by atoms with Gasteiger partial charge in [-0.1, -0.05) is 277 Å². The van der Waals surface area contributed by atoms with Crippen molar-refractivity contribution in [2.24, 2.45) is 0 Å². The second-order valence-electron chi connectivity index (χ2n) is 22.0. The molecule has 0 amide bonds. The molecule has 0 N–H and O–H groups in total. The number of hydrogen-bond acceptors (Lipinski definition) is 6. The van der Waals surface area contributed by atoms with Gasteiger partial charge >= 0.3 is 17.9 Å². The van der Waals surface area contributed by atoms with Crippen LogP contribution in [0.5, 0.6) is 0 Å². The summed E-state index contributed by atoms with van der Waals surface area (Å²) in [6.45, 7) is 6.48. The van der Waals surface area contributed by atoms with Crippen molar-refractivity contribution >= 4 is 17.9 Å². The van der Waals surface area contributed by atoms with Crippen molar-refractivity contribution in [3.05, 3.63) is 122 Å². The molecule has 0 heterocycles. The molecule has 0 bridgehead atoms. The average molecular weight is 1110 g/mol. The van der Waals surface area contributed by atoms with E-state index >= 15 is 0 Å². The Morgan fingerprint density at radius 3 is 0.800 bits per heavy atom. The topological polar surface area (TPSA) is 78.9 Å². The quantitative estimate of drug-likeness (QED) is 0.0261. The third kappa shape index (κ3) is 64.6. The molecule has 1 atom stereocenters. The van der Waals surface area contributed by atoms with E-state index < -0.39 is 6.10 Å². The van der Waals surface area contributed by atoms with E-state index in [1.807, 2.05) is 0 Å². The molecule has 80 heavy (non-hydrogen) atoms. The van der Waals surface area contributed by atoms with Gasteiger partial charge in [0.15, 0.2) is 6.10 Å². The summed E-state index contributed by atoms with van der Waals surface area (Å²) in [7, 11) is 0. The predicted molar refractivity (Wildman–Crippen MR) is 348 cm³/mol. The van der Waals surface area contributed by atoms with Crippen LogP contribution in [0.2, 0.25) is 0 Å². The fourth-order valence-corrected chi connectivity index (χ4v) is 9.15. The summed E-state index contributed by atoms with van der Waals surface area (Å²) >= 11 is 0. The highest BCUT2D eigenvalue weighted by Crippen LogP contribution is 2.16. The molecule has 456 valence electrons. The number of unbranched alkanes of at least 4 members (excludes halogenated alkanes) is 29. The number of ether oxygens (including phenoxy) is 3. The Morgan fingerprint density at radius 2 is 0.487 bits per heavy atom. The van der Waals surface area contributed by atoms with Gasteiger partial charge in [0.2, 0.25) is 0 Å². The summed E-state index contributed by atoms with van der Waals surface area (Å²) in [5.74, 6) is -0.949. The van der Waals surface area contributed by atoms with Crippen molar-refractivity contribution in [3.8, 4) is 0 Å². The highest BCUT2D eigenvalue weighted by molar-refractivity contribution is 5.71. The van der Waals surface area contributed by atoms with Crippen LogP contribution in [-0.2, 0) is 28.6 Å². The second kappa shape index (κ2) is 67.3. The van der Waals surface area contributed by atoms with Gasteiger partial charge < -0.3 is 14.2 Å². The van der Waals surface area contributed by atoms with Crippen LogP contribution >= 0.6 is 0 Å². The lowest BCUT2D eigenvalue weighted by Crippen LogP contribution is -2.30. The lowest BCUT2D eigenvalue weighted by molar-refractivity contribution is -0.167. The Morgan fingerprint density at radius 1 is 0.263 bits per heavy atom. The molecule has 1 unspecified atom stereocenters. The summed E-state index contributed by atoms with van der Waals surface area (Å²) in [6, 6.07) is 0. The lowest BCUT2D eigenvalue weighted by Gasteiger charge is -2.18. The minimum atomic E-state index is -0.810. The van der Waals surface area contributed by atoms with Crippen molar-refractivity contribution in [1.82, 2.24) is 0 Å². The van der Waals surface area contributed by atoms with Crippen molar-refractivity contribution < 1.29 is 28.6 Å². The van der Waals surface area contributed by atoms with Crippen LogP contribution in [0.3, 0.4) is 0 Å². The van der Waals surface area contributed by atoms with Gasteiger partial charge in [0.05, 0.1) is 0 Å². The van der Waals surface area contributed by atoms with E-state index in [1.54, 1.807) is 0 Å². The lowest BCUT2D eigenvalue weighted by atomic mass is 10.0. The SMILES string of the molecule is CC/C=C\C/C=C\C/C=C\C/C=C\C/C=C\C/C=C\CCCCC(=O)OC(COC(=O)CCCCCCC/C=C\CCCCCCC)COC(=O)CCCCCCCCCCCCCC/C=C\C/C=C\C/C=C\CCCCCCC. The minimum Gasteiger partial charge on any atom is -0.462 e. The van der Waals surface area contributed by atoms with Crippen molar-refractivity contribution in [2.45, 2.75) is 316 Å². The molecule has 0 aliphatic rings.